The fourth-order valence-electron chi connectivity index (χ4n) is 3.58. The minimum absolute atomic E-state index is 0.0266. The zero-order valence-electron chi connectivity index (χ0n) is 19.9. The Morgan fingerprint density at radius 1 is 0.789 bits per heavy atom. The zero-order chi connectivity index (χ0) is 27.1. The molecule has 0 unspecified atom stereocenters. The number of sulfonamides is 1. The number of hydrogen-bond acceptors (Lipinski definition) is 4. The number of rotatable bonds is 9. The van der Waals surface area contributed by atoms with Gasteiger partial charge in [0.2, 0.25) is 10.0 Å². The molecule has 11 heteroatoms. The lowest BCUT2D eigenvalue weighted by Gasteiger charge is -2.23. The highest BCUT2D eigenvalue weighted by molar-refractivity contribution is 7.89. The Labute approximate surface area is 218 Å². The van der Waals surface area contributed by atoms with E-state index in [1.54, 1.807) is 24.5 Å². The molecule has 3 aromatic carbocycles. The Morgan fingerprint density at radius 2 is 1.45 bits per heavy atom. The van der Waals surface area contributed by atoms with Crippen molar-refractivity contribution in [3.8, 4) is 0 Å². The van der Waals surface area contributed by atoms with E-state index in [2.05, 4.69) is 15.6 Å². The van der Waals surface area contributed by atoms with Crippen molar-refractivity contribution >= 4 is 21.7 Å². The molecule has 2 amide bonds. The Bertz CT molecular complexity index is 1500. The monoisotopic (exact) mass is 540 g/mol. The van der Waals surface area contributed by atoms with Gasteiger partial charge < -0.3 is 10.6 Å². The van der Waals surface area contributed by atoms with Gasteiger partial charge in [0.25, 0.3) is 0 Å². The highest BCUT2D eigenvalue weighted by Gasteiger charge is 2.26. The fourth-order valence-corrected chi connectivity index (χ4v) is 4.98. The second-order valence-corrected chi connectivity index (χ2v) is 10.3. The lowest BCUT2D eigenvalue weighted by Crippen LogP contribution is -2.31. The molecule has 4 aromatic rings. The van der Waals surface area contributed by atoms with E-state index in [9.17, 15) is 26.4 Å². The van der Waals surface area contributed by atoms with Crippen molar-refractivity contribution in [1.82, 2.24) is 14.6 Å². The third-order valence-electron chi connectivity index (χ3n) is 5.59. The van der Waals surface area contributed by atoms with Gasteiger partial charge in [0.05, 0.1) is 4.90 Å². The van der Waals surface area contributed by atoms with Crippen molar-refractivity contribution in [1.29, 1.82) is 0 Å². The maximum absolute atomic E-state index is 14.4. The molecule has 0 saturated carbocycles. The van der Waals surface area contributed by atoms with Gasteiger partial charge in [-0.05, 0) is 65.7 Å². The molecule has 0 aliphatic rings. The van der Waals surface area contributed by atoms with Crippen LogP contribution in [-0.4, -0.2) is 23.7 Å². The summed E-state index contributed by atoms with van der Waals surface area (Å²) in [5, 5.41) is 5.31. The topological polar surface area (TPSA) is 91.4 Å². The van der Waals surface area contributed by atoms with Crippen molar-refractivity contribution in [2.24, 2.45) is 0 Å². The van der Waals surface area contributed by atoms with Crippen LogP contribution >= 0.6 is 0 Å². The molecule has 0 saturated heterocycles. The lowest BCUT2D eigenvalue weighted by atomic mass is 10.2. The van der Waals surface area contributed by atoms with Crippen LogP contribution in [0.5, 0.6) is 0 Å². The number of nitrogens with one attached hydrogen (secondary N) is 2. The molecule has 2 N–H and O–H groups in total. The Kier molecular flexibility index (Phi) is 8.39. The molecule has 0 radical (unpaired) electrons. The molecule has 1 aromatic heterocycles. The molecule has 0 aliphatic carbocycles. The van der Waals surface area contributed by atoms with Crippen molar-refractivity contribution in [2.75, 3.05) is 5.32 Å². The minimum atomic E-state index is -4.18. The Hall–Kier alpha value is -4.22. The molecule has 38 heavy (non-hydrogen) atoms. The smallest absolute Gasteiger partial charge is 0.319 e. The van der Waals surface area contributed by atoms with Gasteiger partial charge in [0.15, 0.2) is 0 Å². The van der Waals surface area contributed by atoms with E-state index in [4.69, 9.17) is 0 Å². The van der Waals surface area contributed by atoms with Crippen LogP contribution in [0.1, 0.15) is 16.7 Å². The number of anilines is 1. The quantitative estimate of drug-likeness (QED) is 0.305. The highest BCUT2D eigenvalue weighted by Crippen LogP contribution is 2.24. The van der Waals surface area contributed by atoms with Gasteiger partial charge in [-0.1, -0.05) is 18.2 Å². The van der Waals surface area contributed by atoms with Crippen LogP contribution in [0.25, 0.3) is 0 Å². The normalized spacial score (nSPS) is 11.4. The van der Waals surface area contributed by atoms with E-state index in [1.807, 2.05) is 0 Å². The zero-order valence-corrected chi connectivity index (χ0v) is 20.8. The van der Waals surface area contributed by atoms with E-state index in [0.717, 1.165) is 15.9 Å². The SMILES string of the molecule is O=C(NCc1ccncc1)Nc1ccc(S(=O)(=O)N(Cc2ccc(F)cc2)Cc2ccc(F)cc2F)cc1. The first-order valence-corrected chi connectivity index (χ1v) is 12.9. The lowest BCUT2D eigenvalue weighted by molar-refractivity contribution is 0.251. The number of carbonyl (C=O) groups excluding carboxylic acids is 1. The molecule has 196 valence electrons. The second-order valence-electron chi connectivity index (χ2n) is 8.32. The van der Waals surface area contributed by atoms with Crippen LogP contribution < -0.4 is 10.6 Å². The average molecular weight is 541 g/mol. The van der Waals surface area contributed by atoms with E-state index in [1.165, 1.54) is 54.6 Å². The number of amides is 2. The number of halogens is 3. The molecule has 1 heterocycles. The molecule has 0 atom stereocenters. The number of carbonyl (C=O) groups is 1. The first-order valence-electron chi connectivity index (χ1n) is 11.4. The van der Waals surface area contributed by atoms with Gasteiger partial charge in [-0.15, -0.1) is 0 Å². The Balaban J connectivity index is 1.51. The van der Waals surface area contributed by atoms with Crippen molar-refractivity contribution in [3.63, 3.8) is 0 Å². The van der Waals surface area contributed by atoms with Crippen molar-refractivity contribution < 1.29 is 26.4 Å². The largest absolute Gasteiger partial charge is 0.334 e. The molecule has 0 fully saturated rings. The predicted octanol–water partition coefficient (Wildman–Crippen LogP) is 5.21. The number of urea groups is 1. The van der Waals surface area contributed by atoms with E-state index in [0.29, 0.717) is 17.3 Å². The number of pyridine rings is 1. The summed E-state index contributed by atoms with van der Waals surface area (Å²) in [6.45, 7) is -0.292. The summed E-state index contributed by atoms with van der Waals surface area (Å²) in [6.07, 6.45) is 3.22. The molecule has 0 aliphatic heterocycles. The standard InChI is InChI=1S/C27H23F3N4O3S/c28-22-4-1-20(2-5-22)17-34(18-21-3-6-23(29)15-26(21)30)38(36,37)25-9-7-24(8-10-25)33-27(35)32-16-19-11-13-31-14-12-19/h1-15H,16-18H2,(H2,32,33,35). The summed E-state index contributed by atoms with van der Waals surface area (Å²) in [4.78, 5) is 16.0. The van der Waals surface area contributed by atoms with Gasteiger partial charge >= 0.3 is 6.03 Å². The second kappa shape index (κ2) is 11.9. The van der Waals surface area contributed by atoms with Crippen LogP contribution in [0, 0.1) is 17.5 Å². The average Bonchev–Trinajstić information content (AvgIpc) is 2.90. The third-order valence-corrected chi connectivity index (χ3v) is 7.39. The van der Waals surface area contributed by atoms with E-state index < -0.39 is 33.5 Å². The maximum atomic E-state index is 14.4. The first-order chi connectivity index (χ1) is 18.2. The maximum Gasteiger partial charge on any atom is 0.319 e. The molecular weight excluding hydrogens is 517 g/mol. The van der Waals surface area contributed by atoms with Crippen LogP contribution in [0.3, 0.4) is 0 Å². The number of benzene rings is 3. The summed E-state index contributed by atoms with van der Waals surface area (Å²) in [5.41, 5.74) is 1.66. The number of nitrogens with zero attached hydrogens (tertiary/aromatic N) is 2. The molecule has 0 bridgehead atoms. The van der Waals surface area contributed by atoms with Crippen LogP contribution in [-0.2, 0) is 29.7 Å². The van der Waals surface area contributed by atoms with E-state index >= 15 is 0 Å². The number of aromatic nitrogens is 1. The van der Waals surface area contributed by atoms with Gasteiger partial charge in [0, 0.05) is 49.3 Å². The van der Waals surface area contributed by atoms with Gasteiger partial charge in [-0.3, -0.25) is 4.98 Å². The summed E-state index contributed by atoms with van der Waals surface area (Å²) in [6, 6.07) is 16.6. The van der Waals surface area contributed by atoms with Crippen LogP contribution in [0.15, 0.2) is 96.2 Å². The van der Waals surface area contributed by atoms with Gasteiger partial charge in [-0.2, -0.15) is 4.31 Å². The molecular formula is C27H23F3N4O3S. The predicted molar refractivity (Wildman–Crippen MR) is 136 cm³/mol. The van der Waals surface area contributed by atoms with Crippen molar-refractivity contribution in [2.45, 2.75) is 24.5 Å². The van der Waals surface area contributed by atoms with Gasteiger partial charge in [-0.25, -0.2) is 26.4 Å². The van der Waals surface area contributed by atoms with Crippen LogP contribution in [0.2, 0.25) is 0 Å². The first kappa shape index (κ1) is 26.8. The summed E-state index contributed by atoms with van der Waals surface area (Å²) in [7, 11) is -4.18. The highest BCUT2D eigenvalue weighted by atomic mass is 32.2. The summed E-state index contributed by atoms with van der Waals surface area (Å²) >= 11 is 0. The van der Waals surface area contributed by atoms with Gasteiger partial charge in [0.1, 0.15) is 17.5 Å². The molecule has 4 rings (SSSR count). The summed E-state index contributed by atoms with van der Waals surface area (Å²) < 4.78 is 69.2. The minimum Gasteiger partial charge on any atom is -0.334 e. The third kappa shape index (κ3) is 6.96. The molecule has 7 nitrogen and oxygen atoms in total. The Morgan fingerprint density at radius 3 is 2.11 bits per heavy atom. The number of hydrogen-bond donors (Lipinski definition) is 2. The van der Waals surface area contributed by atoms with Crippen LogP contribution in [0.4, 0.5) is 23.7 Å². The molecule has 0 spiro atoms. The fraction of sp³-hybridized carbons (Fsp3) is 0.111. The summed E-state index contributed by atoms with van der Waals surface area (Å²) in [5.74, 6) is -2.16. The van der Waals surface area contributed by atoms with E-state index in [-0.39, 0.29) is 30.1 Å². The van der Waals surface area contributed by atoms with Crippen molar-refractivity contribution in [3.05, 3.63) is 125 Å².